The van der Waals surface area contributed by atoms with Crippen LogP contribution in [0.15, 0.2) is 23.6 Å². The molecular weight excluding hydrogens is 330 g/mol. The summed E-state index contributed by atoms with van der Waals surface area (Å²) in [6.07, 6.45) is -0.246. The molecule has 1 amide bonds. The van der Waals surface area contributed by atoms with Crippen LogP contribution in [0.3, 0.4) is 0 Å². The summed E-state index contributed by atoms with van der Waals surface area (Å²) in [4.78, 5) is 16.3. The topological polar surface area (TPSA) is 107 Å². The molecule has 0 saturated carbocycles. The Bertz CT molecular complexity index is 667. The van der Waals surface area contributed by atoms with Gasteiger partial charge in [-0.3, -0.25) is 4.79 Å². The molecule has 1 unspecified atom stereocenters. The molecule has 1 aromatic heterocycles. The molecule has 0 saturated heterocycles. The predicted molar refractivity (Wildman–Crippen MR) is 91.7 cm³/mol. The molecule has 1 atom stereocenters. The highest BCUT2D eigenvalue weighted by atomic mass is 32.1. The number of aromatic nitrogens is 1. The number of ether oxygens (including phenoxy) is 2. The van der Waals surface area contributed by atoms with Gasteiger partial charge in [-0.2, -0.15) is 0 Å². The number of benzene rings is 1. The lowest BCUT2D eigenvalue weighted by Crippen LogP contribution is -2.28. The molecule has 0 fully saturated rings. The normalized spacial score (nSPS) is 11.8. The summed E-state index contributed by atoms with van der Waals surface area (Å²) >= 11 is 1.40. The largest absolute Gasteiger partial charge is 0.497 e. The first-order valence-electron chi connectivity index (χ1n) is 7.41. The number of methoxy groups -OCH3 is 2. The first-order valence-corrected chi connectivity index (χ1v) is 8.29. The Kier molecular flexibility index (Phi) is 6.53. The van der Waals surface area contributed by atoms with Gasteiger partial charge in [-0.05, 0) is 24.2 Å². The van der Waals surface area contributed by atoms with E-state index in [4.69, 9.17) is 15.2 Å². The number of rotatable bonds is 8. The van der Waals surface area contributed by atoms with Gasteiger partial charge in [0.15, 0.2) is 0 Å². The number of nitrogens with one attached hydrogen (secondary N) is 1. The first-order chi connectivity index (χ1) is 11.6. The number of amides is 1. The third kappa shape index (κ3) is 4.67. The maximum absolute atomic E-state index is 12.1. The highest BCUT2D eigenvalue weighted by Gasteiger charge is 2.15. The van der Waals surface area contributed by atoms with Crippen LogP contribution in [0.25, 0.3) is 0 Å². The summed E-state index contributed by atoms with van der Waals surface area (Å²) in [5.41, 5.74) is 6.39. The van der Waals surface area contributed by atoms with Crippen LogP contribution in [-0.4, -0.2) is 43.3 Å². The fourth-order valence-corrected chi connectivity index (χ4v) is 2.87. The molecule has 0 bridgehead atoms. The van der Waals surface area contributed by atoms with E-state index in [0.29, 0.717) is 35.7 Å². The highest BCUT2D eigenvalue weighted by Crippen LogP contribution is 2.26. The number of aliphatic hydroxyl groups is 1. The van der Waals surface area contributed by atoms with E-state index in [1.54, 1.807) is 23.6 Å². The maximum Gasteiger partial charge on any atom is 0.270 e. The maximum atomic E-state index is 12.1. The third-order valence-electron chi connectivity index (χ3n) is 3.36. The molecule has 0 aliphatic heterocycles. The summed E-state index contributed by atoms with van der Waals surface area (Å²) in [6.45, 7) is 0.545. The molecule has 0 aliphatic rings. The lowest BCUT2D eigenvalue weighted by molar-refractivity contribution is 0.0911. The first kappa shape index (κ1) is 18.2. The van der Waals surface area contributed by atoms with Gasteiger partial charge in [-0.25, -0.2) is 4.98 Å². The van der Waals surface area contributed by atoms with E-state index in [-0.39, 0.29) is 12.5 Å². The average Bonchev–Trinajstić information content (AvgIpc) is 3.07. The summed E-state index contributed by atoms with van der Waals surface area (Å²) in [7, 11) is 3.07. The van der Waals surface area contributed by atoms with Crippen LogP contribution >= 0.6 is 11.3 Å². The van der Waals surface area contributed by atoms with E-state index < -0.39 is 6.10 Å². The van der Waals surface area contributed by atoms with E-state index in [1.807, 2.05) is 0 Å². The van der Waals surface area contributed by atoms with Crippen molar-refractivity contribution in [2.24, 2.45) is 5.73 Å². The van der Waals surface area contributed by atoms with Crippen LogP contribution in [0.1, 0.15) is 27.2 Å². The van der Waals surface area contributed by atoms with E-state index in [9.17, 15) is 9.90 Å². The van der Waals surface area contributed by atoms with Crippen molar-refractivity contribution in [3.63, 3.8) is 0 Å². The lowest BCUT2D eigenvalue weighted by Gasteiger charge is -2.14. The van der Waals surface area contributed by atoms with Gasteiger partial charge < -0.3 is 25.6 Å². The molecule has 8 heteroatoms. The van der Waals surface area contributed by atoms with Crippen LogP contribution < -0.4 is 20.5 Å². The number of carbonyl (C=O) groups is 1. The van der Waals surface area contributed by atoms with E-state index in [2.05, 4.69) is 10.3 Å². The predicted octanol–water partition coefficient (Wildman–Crippen LogP) is 1.12. The van der Waals surface area contributed by atoms with Gasteiger partial charge >= 0.3 is 0 Å². The van der Waals surface area contributed by atoms with Crippen LogP contribution in [0.4, 0.5) is 0 Å². The molecule has 1 heterocycles. The molecule has 0 radical (unpaired) electrons. The number of carbonyl (C=O) groups excluding carboxylic acids is 1. The zero-order valence-electron chi connectivity index (χ0n) is 13.6. The Labute approximate surface area is 144 Å². The smallest absolute Gasteiger partial charge is 0.270 e. The van der Waals surface area contributed by atoms with Gasteiger partial charge in [-0.1, -0.05) is 0 Å². The van der Waals surface area contributed by atoms with Crippen molar-refractivity contribution in [3.05, 3.63) is 39.8 Å². The van der Waals surface area contributed by atoms with Crippen molar-refractivity contribution in [3.8, 4) is 11.5 Å². The van der Waals surface area contributed by atoms with Gasteiger partial charge in [0.05, 0.1) is 25.3 Å². The molecule has 7 nitrogen and oxygen atoms in total. The Balaban J connectivity index is 1.99. The second-order valence-electron chi connectivity index (χ2n) is 5.04. The Morgan fingerprint density at radius 1 is 1.33 bits per heavy atom. The molecule has 0 spiro atoms. The van der Waals surface area contributed by atoms with E-state index in [0.717, 1.165) is 5.01 Å². The summed E-state index contributed by atoms with van der Waals surface area (Å²) in [6, 6.07) is 5.10. The Hall–Kier alpha value is -2.16. The van der Waals surface area contributed by atoms with Crippen LogP contribution in [0, 0.1) is 0 Å². The SMILES string of the molecule is COc1cc(OC)cc(C(O)CNC(=O)c2csc(CCN)n2)c1. The van der Waals surface area contributed by atoms with Gasteiger partial charge in [0.2, 0.25) is 0 Å². The minimum Gasteiger partial charge on any atom is -0.497 e. The zero-order chi connectivity index (χ0) is 17.5. The number of nitrogens with zero attached hydrogens (tertiary/aromatic N) is 1. The fraction of sp³-hybridized carbons (Fsp3) is 0.375. The van der Waals surface area contributed by atoms with Crippen molar-refractivity contribution in [2.45, 2.75) is 12.5 Å². The summed E-state index contributed by atoms with van der Waals surface area (Å²) in [5.74, 6) is 0.810. The summed E-state index contributed by atoms with van der Waals surface area (Å²) in [5, 5.41) is 15.5. The third-order valence-corrected chi connectivity index (χ3v) is 4.27. The monoisotopic (exact) mass is 351 g/mol. The molecule has 130 valence electrons. The molecule has 0 aliphatic carbocycles. The molecule has 2 rings (SSSR count). The number of hydrogen-bond donors (Lipinski definition) is 3. The quantitative estimate of drug-likeness (QED) is 0.658. The van der Waals surface area contributed by atoms with Crippen LogP contribution in [0.5, 0.6) is 11.5 Å². The second kappa shape index (κ2) is 8.62. The molecule has 2 aromatic rings. The number of nitrogens with two attached hydrogens (primary N) is 1. The molecule has 24 heavy (non-hydrogen) atoms. The van der Waals surface area contributed by atoms with Crippen molar-refractivity contribution in [2.75, 3.05) is 27.3 Å². The standard InChI is InChI=1S/C16H21N3O4S/c1-22-11-5-10(6-12(7-11)23-2)14(20)8-18-16(21)13-9-24-15(19-13)3-4-17/h5-7,9,14,20H,3-4,8,17H2,1-2H3,(H,18,21). The van der Waals surface area contributed by atoms with Crippen LogP contribution in [-0.2, 0) is 6.42 Å². The second-order valence-corrected chi connectivity index (χ2v) is 5.98. The highest BCUT2D eigenvalue weighted by molar-refractivity contribution is 7.09. The van der Waals surface area contributed by atoms with Gasteiger partial charge in [0, 0.05) is 24.4 Å². The zero-order valence-corrected chi connectivity index (χ0v) is 14.4. The van der Waals surface area contributed by atoms with Gasteiger partial charge in [-0.15, -0.1) is 11.3 Å². The molecular formula is C16H21N3O4S. The minimum atomic E-state index is -0.889. The molecule has 4 N–H and O–H groups in total. The fourth-order valence-electron chi connectivity index (χ4n) is 2.07. The van der Waals surface area contributed by atoms with Gasteiger partial charge in [0.1, 0.15) is 17.2 Å². The number of aliphatic hydroxyl groups excluding tert-OH is 1. The minimum absolute atomic E-state index is 0.0545. The Morgan fingerprint density at radius 2 is 2.00 bits per heavy atom. The average molecular weight is 351 g/mol. The van der Waals surface area contributed by atoms with Gasteiger partial charge in [0.25, 0.3) is 5.91 Å². The number of thiazole rings is 1. The summed E-state index contributed by atoms with van der Waals surface area (Å²) < 4.78 is 10.3. The van der Waals surface area contributed by atoms with Crippen LogP contribution in [0.2, 0.25) is 0 Å². The van der Waals surface area contributed by atoms with Crippen molar-refractivity contribution < 1.29 is 19.4 Å². The van der Waals surface area contributed by atoms with Crippen molar-refractivity contribution in [1.29, 1.82) is 0 Å². The van der Waals surface area contributed by atoms with Crippen molar-refractivity contribution >= 4 is 17.2 Å². The Morgan fingerprint density at radius 3 is 2.58 bits per heavy atom. The lowest BCUT2D eigenvalue weighted by atomic mass is 10.1. The van der Waals surface area contributed by atoms with Crippen molar-refractivity contribution in [1.82, 2.24) is 10.3 Å². The number of hydrogen-bond acceptors (Lipinski definition) is 7. The molecule has 1 aromatic carbocycles. The van der Waals surface area contributed by atoms with E-state index in [1.165, 1.54) is 25.6 Å². The van der Waals surface area contributed by atoms with E-state index >= 15 is 0 Å².